The first-order chi connectivity index (χ1) is 5.96. The van der Waals surface area contributed by atoms with Crippen molar-refractivity contribution in [2.24, 2.45) is 0 Å². The highest BCUT2D eigenvalue weighted by Crippen LogP contribution is 2.27. The SMILES string of the molecule is O=Cc1c(C(F)(F)F)[nH]ccc1=O. The minimum atomic E-state index is -4.71. The minimum absolute atomic E-state index is 0.109. The molecule has 1 rings (SSSR count). The van der Waals surface area contributed by atoms with E-state index in [9.17, 15) is 22.8 Å². The van der Waals surface area contributed by atoms with Crippen LogP contribution >= 0.6 is 0 Å². The Hall–Kier alpha value is -1.59. The Morgan fingerprint density at radius 1 is 1.38 bits per heavy atom. The number of aromatic nitrogens is 1. The van der Waals surface area contributed by atoms with Crippen LogP contribution in [0.5, 0.6) is 0 Å². The number of rotatable bonds is 1. The number of halogens is 3. The van der Waals surface area contributed by atoms with Crippen LogP contribution in [0.1, 0.15) is 16.1 Å². The van der Waals surface area contributed by atoms with Crippen LogP contribution < -0.4 is 5.43 Å². The lowest BCUT2D eigenvalue weighted by atomic mass is 10.2. The zero-order chi connectivity index (χ0) is 10.1. The number of aromatic amines is 1. The van der Waals surface area contributed by atoms with Crippen molar-refractivity contribution in [2.75, 3.05) is 0 Å². The average molecular weight is 191 g/mol. The predicted octanol–water partition coefficient (Wildman–Crippen LogP) is 1.21. The Labute approximate surface area is 70.2 Å². The monoisotopic (exact) mass is 191 g/mol. The number of pyridine rings is 1. The summed E-state index contributed by atoms with van der Waals surface area (Å²) < 4.78 is 36.3. The summed E-state index contributed by atoms with van der Waals surface area (Å²) >= 11 is 0. The number of nitrogens with one attached hydrogen (secondary N) is 1. The van der Waals surface area contributed by atoms with Gasteiger partial charge in [0.25, 0.3) is 0 Å². The number of hydrogen-bond acceptors (Lipinski definition) is 2. The molecule has 1 heterocycles. The quantitative estimate of drug-likeness (QED) is 0.678. The molecular weight excluding hydrogens is 187 g/mol. The highest BCUT2D eigenvalue weighted by Gasteiger charge is 2.35. The van der Waals surface area contributed by atoms with Crippen molar-refractivity contribution in [3.8, 4) is 0 Å². The highest BCUT2D eigenvalue weighted by atomic mass is 19.4. The third kappa shape index (κ3) is 1.77. The molecule has 0 amide bonds. The van der Waals surface area contributed by atoms with Crippen molar-refractivity contribution >= 4 is 6.29 Å². The molecule has 3 nitrogen and oxygen atoms in total. The largest absolute Gasteiger partial charge is 0.432 e. The van der Waals surface area contributed by atoms with E-state index in [4.69, 9.17) is 0 Å². The number of carbonyl (C=O) groups excluding carboxylic acids is 1. The van der Waals surface area contributed by atoms with Gasteiger partial charge in [-0.1, -0.05) is 0 Å². The van der Waals surface area contributed by atoms with E-state index in [-0.39, 0.29) is 6.29 Å². The second kappa shape index (κ2) is 3.04. The topological polar surface area (TPSA) is 49.9 Å². The molecule has 1 aromatic rings. The molecule has 0 saturated heterocycles. The smallest absolute Gasteiger partial charge is 0.357 e. The normalized spacial score (nSPS) is 11.3. The molecule has 0 aliphatic carbocycles. The van der Waals surface area contributed by atoms with Gasteiger partial charge in [0, 0.05) is 12.3 Å². The summed E-state index contributed by atoms with van der Waals surface area (Å²) in [5, 5.41) is 0. The fourth-order valence-corrected chi connectivity index (χ4v) is 0.843. The van der Waals surface area contributed by atoms with Gasteiger partial charge < -0.3 is 4.98 Å². The summed E-state index contributed by atoms with van der Waals surface area (Å²) in [6, 6.07) is 0.860. The van der Waals surface area contributed by atoms with Crippen molar-refractivity contribution < 1.29 is 18.0 Å². The van der Waals surface area contributed by atoms with E-state index in [2.05, 4.69) is 0 Å². The predicted molar refractivity (Wildman–Crippen MR) is 37.5 cm³/mol. The molecule has 0 saturated carbocycles. The van der Waals surface area contributed by atoms with Gasteiger partial charge in [-0.25, -0.2) is 0 Å². The van der Waals surface area contributed by atoms with E-state index in [1.54, 1.807) is 0 Å². The first-order valence-electron chi connectivity index (χ1n) is 3.21. The molecule has 6 heteroatoms. The van der Waals surface area contributed by atoms with Gasteiger partial charge >= 0.3 is 6.18 Å². The maximum Gasteiger partial charge on any atom is 0.432 e. The third-order valence-electron chi connectivity index (χ3n) is 1.40. The second-order valence-corrected chi connectivity index (χ2v) is 2.25. The first-order valence-corrected chi connectivity index (χ1v) is 3.21. The van der Waals surface area contributed by atoms with Crippen LogP contribution in [0.25, 0.3) is 0 Å². The second-order valence-electron chi connectivity index (χ2n) is 2.25. The molecule has 0 radical (unpaired) electrons. The summed E-state index contributed by atoms with van der Waals surface area (Å²) in [5.74, 6) is 0. The molecule has 0 aliphatic heterocycles. The summed E-state index contributed by atoms with van der Waals surface area (Å²) in [5.41, 5.74) is -3.15. The van der Waals surface area contributed by atoms with E-state index in [1.165, 1.54) is 0 Å². The third-order valence-corrected chi connectivity index (χ3v) is 1.40. The lowest BCUT2D eigenvalue weighted by Crippen LogP contribution is -2.19. The Balaban J connectivity index is 3.46. The van der Waals surface area contributed by atoms with Gasteiger partial charge in [-0.2, -0.15) is 13.2 Å². The van der Waals surface area contributed by atoms with E-state index in [0.29, 0.717) is 0 Å². The average Bonchev–Trinajstić information content (AvgIpc) is 2.02. The lowest BCUT2D eigenvalue weighted by molar-refractivity contribution is -0.141. The zero-order valence-corrected chi connectivity index (χ0v) is 6.18. The van der Waals surface area contributed by atoms with Crippen LogP contribution in [0.15, 0.2) is 17.1 Å². The summed E-state index contributed by atoms with van der Waals surface area (Å²) in [6.45, 7) is 0. The van der Waals surface area contributed by atoms with Gasteiger partial charge in [0.1, 0.15) is 5.69 Å². The van der Waals surface area contributed by atoms with Crippen molar-refractivity contribution in [1.29, 1.82) is 0 Å². The van der Waals surface area contributed by atoms with Gasteiger partial charge in [0.05, 0.1) is 5.56 Å². The summed E-state index contributed by atoms with van der Waals surface area (Å²) in [6.07, 6.45) is -3.98. The Kier molecular flexibility index (Phi) is 2.22. The van der Waals surface area contributed by atoms with Crippen molar-refractivity contribution in [3.63, 3.8) is 0 Å². The summed E-state index contributed by atoms with van der Waals surface area (Å²) in [4.78, 5) is 22.8. The van der Waals surface area contributed by atoms with Crippen LogP contribution in [-0.4, -0.2) is 11.3 Å². The van der Waals surface area contributed by atoms with Crippen LogP contribution in [-0.2, 0) is 6.18 Å². The maximum atomic E-state index is 12.1. The van der Waals surface area contributed by atoms with Gasteiger partial charge in [0.2, 0.25) is 0 Å². The molecular formula is C7H4F3NO2. The van der Waals surface area contributed by atoms with Crippen LogP contribution in [0.2, 0.25) is 0 Å². The molecule has 0 spiro atoms. The van der Waals surface area contributed by atoms with Crippen LogP contribution in [0.4, 0.5) is 13.2 Å². The zero-order valence-electron chi connectivity index (χ0n) is 6.18. The van der Waals surface area contributed by atoms with E-state index in [1.807, 2.05) is 4.98 Å². The van der Waals surface area contributed by atoms with Crippen LogP contribution in [0, 0.1) is 0 Å². The van der Waals surface area contributed by atoms with E-state index in [0.717, 1.165) is 12.3 Å². The first kappa shape index (κ1) is 9.50. The van der Waals surface area contributed by atoms with Gasteiger partial charge in [-0.15, -0.1) is 0 Å². The van der Waals surface area contributed by atoms with Gasteiger partial charge in [-0.3, -0.25) is 9.59 Å². The fourth-order valence-electron chi connectivity index (χ4n) is 0.843. The number of hydrogen-bond donors (Lipinski definition) is 1. The molecule has 0 fully saturated rings. The van der Waals surface area contributed by atoms with Crippen molar-refractivity contribution in [3.05, 3.63) is 33.7 Å². The molecule has 70 valence electrons. The maximum absolute atomic E-state index is 12.1. The molecule has 0 aliphatic rings. The Morgan fingerprint density at radius 3 is 2.38 bits per heavy atom. The molecule has 0 atom stereocenters. The lowest BCUT2D eigenvalue weighted by Gasteiger charge is -2.07. The van der Waals surface area contributed by atoms with Crippen molar-refractivity contribution in [1.82, 2.24) is 4.98 Å². The fraction of sp³-hybridized carbons (Fsp3) is 0.143. The number of H-pyrrole nitrogens is 1. The summed E-state index contributed by atoms with van der Waals surface area (Å²) in [7, 11) is 0. The van der Waals surface area contributed by atoms with Crippen molar-refractivity contribution in [2.45, 2.75) is 6.18 Å². The minimum Gasteiger partial charge on any atom is -0.357 e. The Bertz CT molecular complexity index is 380. The number of alkyl halides is 3. The molecule has 13 heavy (non-hydrogen) atoms. The Morgan fingerprint density at radius 2 is 2.00 bits per heavy atom. The molecule has 0 bridgehead atoms. The molecule has 1 N–H and O–H groups in total. The van der Waals surface area contributed by atoms with Crippen LogP contribution in [0.3, 0.4) is 0 Å². The molecule has 0 unspecified atom stereocenters. The molecule has 0 aromatic carbocycles. The molecule has 1 aromatic heterocycles. The van der Waals surface area contributed by atoms with Gasteiger partial charge in [-0.05, 0) is 0 Å². The van der Waals surface area contributed by atoms with E-state index < -0.39 is 22.9 Å². The van der Waals surface area contributed by atoms with Gasteiger partial charge in [0.15, 0.2) is 11.7 Å². The number of carbonyl (C=O) groups is 1. The van der Waals surface area contributed by atoms with E-state index >= 15 is 0 Å². The standard InChI is InChI=1S/C7H4F3NO2/c8-7(9,10)6-4(3-12)5(13)1-2-11-6/h1-3H,(H,11,13). The highest BCUT2D eigenvalue weighted by molar-refractivity contribution is 5.76. The number of aldehydes is 1.